The van der Waals surface area contributed by atoms with Gasteiger partial charge in [-0.3, -0.25) is 0 Å². The lowest BCUT2D eigenvalue weighted by Crippen LogP contribution is -2.28. The Balaban J connectivity index is 1.10. The molecule has 0 aromatic heterocycles. The van der Waals surface area contributed by atoms with E-state index in [2.05, 4.69) is 235 Å². The molecule has 1 fully saturated rings. The van der Waals surface area contributed by atoms with Crippen LogP contribution in [-0.4, -0.2) is 0 Å². The third-order valence-corrected chi connectivity index (χ3v) is 13.6. The standard InChI is InChI=1S/C61H49N/c1-6-19-44(20-7-1)45-33-37-51(38-34-45)62(52-39-35-48(36-40-52)60-54(46-21-8-2-9-22-46)30-18-31-55(60)47-23-10-3-11-24-47)53-41-42-57-56-29-16-17-32-58(56)61(59(57)43-53,49-25-12-4-13-26-49)50-27-14-5-15-28-50/h2-5,8-18,21-44H,1,6-7,19-20H2. The minimum absolute atomic E-state index is 0.486. The number of anilines is 3. The summed E-state index contributed by atoms with van der Waals surface area (Å²) in [7, 11) is 0. The number of benzene rings is 9. The van der Waals surface area contributed by atoms with Gasteiger partial charge in [0.15, 0.2) is 0 Å². The fourth-order valence-electron chi connectivity index (χ4n) is 10.7. The number of hydrogen-bond acceptors (Lipinski definition) is 1. The first-order valence-electron chi connectivity index (χ1n) is 22.4. The zero-order chi connectivity index (χ0) is 41.3. The van der Waals surface area contributed by atoms with Gasteiger partial charge in [-0.25, -0.2) is 0 Å². The van der Waals surface area contributed by atoms with E-state index in [1.807, 2.05) is 0 Å². The second kappa shape index (κ2) is 16.3. The van der Waals surface area contributed by atoms with Gasteiger partial charge in [0.05, 0.1) is 5.41 Å². The fraction of sp³-hybridized carbons (Fsp3) is 0.115. The van der Waals surface area contributed by atoms with Crippen LogP contribution in [0.2, 0.25) is 0 Å². The average Bonchev–Trinajstić information content (AvgIpc) is 3.66. The van der Waals surface area contributed by atoms with Crippen molar-refractivity contribution in [1.29, 1.82) is 0 Å². The molecule has 11 rings (SSSR count). The van der Waals surface area contributed by atoms with Crippen LogP contribution in [0.15, 0.2) is 231 Å². The van der Waals surface area contributed by atoms with Gasteiger partial charge in [0.2, 0.25) is 0 Å². The van der Waals surface area contributed by atoms with Crippen LogP contribution >= 0.6 is 0 Å². The quantitative estimate of drug-likeness (QED) is 0.141. The van der Waals surface area contributed by atoms with Gasteiger partial charge in [0.25, 0.3) is 0 Å². The summed E-state index contributed by atoms with van der Waals surface area (Å²) >= 11 is 0. The molecule has 1 nitrogen and oxygen atoms in total. The Morgan fingerprint density at radius 2 is 0.806 bits per heavy atom. The summed E-state index contributed by atoms with van der Waals surface area (Å²) in [4.78, 5) is 2.47. The van der Waals surface area contributed by atoms with E-state index in [-0.39, 0.29) is 0 Å². The number of fused-ring (bicyclic) bond motifs is 3. The summed E-state index contributed by atoms with van der Waals surface area (Å²) in [5.74, 6) is 0.643. The normalized spacial score (nSPS) is 14.2. The molecule has 9 aromatic carbocycles. The molecule has 0 unspecified atom stereocenters. The van der Waals surface area contributed by atoms with Crippen LogP contribution in [0.1, 0.15) is 65.8 Å². The van der Waals surface area contributed by atoms with Crippen molar-refractivity contribution in [2.45, 2.75) is 43.4 Å². The molecule has 0 amide bonds. The first-order valence-corrected chi connectivity index (χ1v) is 22.4. The van der Waals surface area contributed by atoms with Crippen molar-refractivity contribution >= 4 is 17.1 Å². The van der Waals surface area contributed by atoms with E-state index in [1.54, 1.807) is 0 Å². The Hall–Kier alpha value is -7.22. The number of nitrogens with zero attached hydrogens (tertiary/aromatic N) is 1. The Kier molecular flexibility index (Phi) is 9.94. The third kappa shape index (κ3) is 6.57. The van der Waals surface area contributed by atoms with E-state index in [0.29, 0.717) is 5.92 Å². The monoisotopic (exact) mass is 795 g/mol. The molecule has 1 saturated carbocycles. The summed E-state index contributed by atoms with van der Waals surface area (Å²) in [6.07, 6.45) is 6.58. The van der Waals surface area contributed by atoms with Crippen molar-refractivity contribution in [3.05, 3.63) is 258 Å². The maximum Gasteiger partial charge on any atom is 0.0714 e. The zero-order valence-electron chi connectivity index (χ0n) is 35.0. The van der Waals surface area contributed by atoms with Gasteiger partial charge in [-0.1, -0.05) is 213 Å². The molecule has 62 heavy (non-hydrogen) atoms. The molecule has 2 aliphatic rings. The number of hydrogen-bond donors (Lipinski definition) is 0. The second-order valence-electron chi connectivity index (χ2n) is 17.0. The lowest BCUT2D eigenvalue weighted by atomic mass is 9.67. The topological polar surface area (TPSA) is 3.24 Å². The molecule has 0 atom stereocenters. The maximum absolute atomic E-state index is 2.48. The van der Waals surface area contributed by atoms with E-state index in [9.17, 15) is 0 Å². The molecule has 2 aliphatic carbocycles. The molecule has 9 aromatic rings. The third-order valence-electron chi connectivity index (χ3n) is 13.6. The molecule has 0 N–H and O–H groups in total. The van der Waals surface area contributed by atoms with Gasteiger partial charge in [-0.2, -0.15) is 0 Å². The number of rotatable bonds is 9. The highest BCUT2D eigenvalue weighted by molar-refractivity contribution is 5.95. The van der Waals surface area contributed by atoms with Gasteiger partial charge in [0.1, 0.15) is 0 Å². The van der Waals surface area contributed by atoms with Crippen molar-refractivity contribution in [3.8, 4) is 44.5 Å². The largest absolute Gasteiger partial charge is 0.310 e. The molecular formula is C61H49N. The van der Waals surface area contributed by atoms with Gasteiger partial charge >= 0.3 is 0 Å². The van der Waals surface area contributed by atoms with E-state index in [1.165, 1.54) is 104 Å². The minimum atomic E-state index is -0.486. The average molecular weight is 796 g/mol. The van der Waals surface area contributed by atoms with Gasteiger partial charge in [-0.05, 0) is 127 Å². The van der Waals surface area contributed by atoms with E-state index in [0.717, 1.165) is 17.1 Å². The zero-order valence-corrected chi connectivity index (χ0v) is 35.0. The Bertz CT molecular complexity index is 2850. The van der Waals surface area contributed by atoms with Crippen LogP contribution in [0.4, 0.5) is 17.1 Å². The van der Waals surface area contributed by atoms with Gasteiger partial charge in [0, 0.05) is 17.1 Å². The fourth-order valence-corrected chi connectivity index (χ4v) is 10.7. The molecular weight excluding hydrogens is 747 g/mol. The first-order chi connectivity index (χ1) is 30.8. The Morgan fingerprint density at radius 3 is 1.39 bits per heavy atom. The molecule has 0 spiro atoms. The highest BCUT2D eigenvalue weighted by atomic mass is 15.1. The Labute approximate surface area is 366 Å². The van der Waals surface area contributed by atoms with Gasteiger partial charge in [-0.15, -0.1) is 0 Å². The van der Waals surface area contributed by atoms with E-state index >= 15 is 0 Å². The van der Waals surface area contributed by atoms with Crippen LogP contribution in [0.5, 0.6) is 0 Å². The minimum Gasteiger partial charge on any atom is -0.310 e. The first kappa shape index (κ1) is 37.8. The summed E-state index contributed by atoms with van der Waals surface area (Å²) in [6.45, 7) is 0. The SMILES string of the molecule is c1ccc(-c2cccc(-c3ccccc3)c2-c2ccc(N(c3ccc(C4CCCCC4)cc3)c3ccc4c(c3)C(c3ccccc3)(c3ccccc3)c3ccccc3-4)cc2)cc1. The summed E-state index contributed by atoms with van der Waals surface area (Å²) in [5, 5.41) is 0. The Morgan fingerprint density at radius 1 is 0.339 bits per heavy atom. The predicted molar refractivity (Wildman–Crippen MR) is 261 cm³/mol. The molecule has 1 heteroatoms. The second-order valence-corrected chi connectivity index (χ2v) is 17.0. The van der Waals surface area contributed by atoms with Crippen molar-refractivity contribution in [2.75, 3.05) is 4.90 Å². The van der Waals surface area contributed by atoms with Crippen LogP contribution in [0.25, 0.3) is 44.5 Å². The maximum atomic E-state index is 2.48. The highest BCUT2D eigenvalue weighted by Gasteiger charge is 2.46. The van der Waals surface area contributed by atoms with Crippen molar-refractivity contribution in [1.82, 2.24) is 0 Å². The van der Waals surface area contributed by atoms with Crippen LogP contribution in [0, 0.1) is 0 Å². The van der Waals surface area contributed by atoms with Crippen molar-refractivity contribution in [3.63, 3.8) is 0 Å². The summed E-state index contributed by atoms with van der Waals surface area (Å²) in [6, 6.07) is 85.6. The highest BCUT2D eigenvalue weighted by Crippen LogP contribution is 2.57. The van der Waals surface area contributed by atoms with Crippen molar-refractivity contribution < 1.29 is 0 Å². The molecule has 0 radical (unpaired) electrons. The molecule has 0 saturated heterocycles. The smallest absolute Gasteiger partial charge is 0.0714 e. The van der Waals surface area contributed by atoms with Crippen LogP contribution in [-0.2, 0) is 5.41 Å². The van der Waals surface area contributed by atoms with Crippen LogP contribution < -0.4 is 4.90 Å². The lowest BCUT2D eigenvalue weighted by Gasteiger charge is -2.35. The molecule has 0 heterocycles. The van der Waals surface area contributed by atoms with E-state index < -0.39 is 5.41 Å². The molecule has 298 valence electrons. The predicted octanol–water partition coefficient (Wildman–Crippen LogP) is 16.6. The summed E-state index contributed by atoms with van der Waals surface area (Å²) in [5.41, 5.74) is 19.5. The molecule has 0 aliphatic heterocycles. The van der Waals surface area contributed by atoms with E-state index in [4.69, 9.17) is 0 Å². The lowest BCUT2D eigenvalue weighted by molar-refractivity contribution is 0.443. The summed E-state index contributed by atoms with van der Waals surface area (Å²) < 4.78 is 0. The van der Waals surface area contributed by atoms with Crippen LogP contribution in [0.3, 0.4) is 0 Å². The molecule has 0 bridgehead atoms. The van der Waals surface area contributed by atoms with Gasteiger partial charge < -0.3 is 4.90 Å². The van der Waals surface area contributed by atoms with Crippen molar-refractivity contribution in [2.24, 2.45) is 0 Å².